The first kappa shape index (κ1) is 18.3. The van der Waals surface area contributed by atoms with Crippen LogP contribution in [0.4, 0.5) is 0 Å². The first-order valence-electron chi connectivity index (χ1n) is 7.95. The van der Waals surface area contributed by atoms with Gasteiger partial charge in [0.15, 0.2) is 0 Å². The molecule has 6 nitrogen and oxygen atoms in total. The second-order valence-corrected chi connectivity index (χ2v) is 6.59. The number of nitrogens with one attached hydrogen (secondary N) is 1. The number of hydrogen-bond acceptors (Lipinski definition) is 4. The van der Waals surface area contributed by atoms with E-state index in [-0.39, 0.29) is 11.8 Å². The van der Waals surface area contributed by atoms with Gasteiger partial charge in [-0.15, -0.1) is 0 Å². The van der Waals surface area contributed by atoms with E-state index in [9.17, 15) is 14.4 Å². The summed E-state index contributed by atoms with van der Waals surface area (Å²) in [6.45, 7) is 1.98. The molecule has 1 saturated heterocycles. The molecule has 3 atom stereocenters. The topological polar surface area (TPSA) is 86.7 Å². The van der Waals surface area contributed by atoms with Crippen molar-refractivity contribution >= 4 is 30.4 Å². The summed E-state index contributed by atoms with van der Waals surface area (Å²) in [6.07, 6.45) is 1.57. The highest BCUT2D eigenvalue weighted by atomic mass is 32.1. The number of benzene rings is 1. The van der Waals surface area contributed by atoms with Gasteiger partial charge in [0.25, 0.3) is 0 Å². The van der Waals surface area contributed by atoms with E-state index in [0.717, 1.165) is 5.56 Å². The number of likely N-dealkylation sites (tertiary alicyclic amines) is 1. The average Bonchev–Trinajstić information content (AvgIpc) is 3.04. The molecule has 1 aliphatic heterocycles. The Balaban J connectivity index is 1.90. The number of rotatable bonds is 6. The zero-order chi connectivity index (χ0) is 17.7. The third kappa shape index (κ3) is 4.50. The van der Waals surface area contributed by atoms with Gasteiger partial charge in [0.2, 0.25) is 11.8 Å². The second kappa shape index (κ2) is 8.19. The molecular formula is C17H22N2O4S. The standard InChI is InChI=1S/C17H22N2O4S/c1-11(16(21)19-9-5-8-13(19)17(22)23)18-15(20)14(24)10-12-6-3-2-4-7-12/h2-4,6-7,11,13-14,24H,5,8-10H2,1H3,(H,18,20)(H,22,23)/t11-,13?,14?/m0/s1. The molecule has 2 unspecified atom stereocenters. The fraction of sp³-hybridized carbons (Fsp3) is 0.471. The van der Waals surface area contributed by atoms with E-state index in [0.29, 0.717) is 25.8 Å². The Labute approximate surface area is 146 Å². The Morgan fingerprint density at radius 2 is 2.00 bits per heavy atom. The van der Waals surface area contributed by atoms with Crippen molar-refractivity contribution in [1.82, 2.24) is 10.2 Å². The van der Waals surface area contributed by atoms with Crippen molar-refractivity contribution < 1.29 is 19.5 Å². The van der Waals surface area contributed by atoms with Crippen LogP contribution < -0.4 is 5.32 Å². The van der Waals surface area contributed by atoms with Gasteiger partial charge in [-0.2, -0.15) is 12.6 Å². The van der Waals surface area contributed by atoms with Crippen LogP contribution in [0.5, 0.6) is 0 Å². The summed E-state index contributed by atoms with van der Waals surface area (Å²) in [6, 6.07) is 7.92. The molecular weight excluding hydrogens is 328 g/mol. The van der Waals surface area contributed by atoms with Crippen LogP contribution >= 0.6 is 12.6 Å². The largest absolute Gasteiger partial charge is 0.480 e. The Hall–Kier alpha value is -2.02. The summed E-state index contributed by atoms with van der Waals surface area (Å²) in [7, 11) is 0. The van der Waals surface area contributed by atoms with Crippen molar-refractivity contribution in [2.45, 2.75) is 43.5 Å². The van der Waals surface area contributed by atoms with E-state index in [1.807, 2.05) is 30.3 Å². The van der Waals surface area contributed by atoms with Crippen molar-refractivity contribution in [3.63, 3.8) is 0 Å². The Morgan fingerprint density at radius 1 is 1.33 bits per heavy atom. The Morgan fingerprint density at radius 3 is 2.62 bits per heavy atom. The summed E-state index contributed by atoms with van der Waals surface area (Å²) in [4.78, 5) is 37.1. The van der Waals surface area contributed by atoms with Gasteiger partial charge >= 0.3 is 5.97 Å². The zero-order valence-electron chi connectivity index (χ0n) is 13.5. The monoisotopic (exact) mass is 350 g/mol. The van der Waals surface area contributed by atoms with Crippen molar-refractivity contribution in [1.29, 1.82) is 0 Å². The van der Waals surface area contributed by atoms with Gasteiger partial charge in [0.05, 0.1) is 5.25 Å². The number of carbonyl (C=O) groups excluding carboxylic acids is 2. The number of carboxylic acids is 1. The summed E-state index contributed by atoms with van der Waals surface area (Å²) in [5.74, 6) is -1.71. The zero-order valence-corrected chi connectivity index (χ0v) is 14.4. The third-order valence-corrected chi connectivity index (χ3v) is 4.54. The van der Waals surface area contributed by atoms with Crippen molar-refractivity contribution in [2.24, 2.45) is 0 Å². The van der Waals surface area contributed by atoms with Crippen molar-refractivity contribution in [2.75, 3.05) is 6.54 Å². The van der Waals surface area contributed by atoms with E-state index in [4.69, 9.17) is 5.11 Å². The Bertz CT molecular complexity index is 608. The fourth-order valence-electron chi connectivity index (χ4n) is 2.84. The minimum atomic E-state index is -1.00. The van der Waals surface area contributed by atoms with Gasteiger partial charge < -0.3 is 15.3 Å². The molecule has 2 N–H and O–H groups in total. The number of nitrogens with zero attached hydrogens (tertiary/aromatic N) is 1. The van der Waals surface area contributed by atoms with E-state index in [2.05, 4.69) is 17.9 Å². The number of carboxylic acid groups (broad SMARTS) is 1. The van der Waals surface area contributed by atoms with Crippen LogP contribution in [0.3, 0.4) is 0 Å². The molecule has 1 fully saturated rings. The lowest BCUT2D eigenvalue weighted by atomic mass is 10.1. The molecule has 2 amide bonds. The highest BCUT2D eigenvalue weighted by molar-refractivity contribution is 7.81. The predicted molar refractivity (Wildman–Crippen MR) is 92.9 cm³/mol. The van der Waals surface area contributed by atoms with Gasteiger partial charge in [-0.3, -0.25) is 9.59 Å². The molecule has 0 bridgehead atoms. The molecule has 1 heterocycles. The van der Waals surface area contributed by atoms with E-state index in [1.165, 1.54) is 4.90 Å². The Kier molecular flexibility index (Phi) is 6.25. The third-order valence-electron chi connectivity index (χ3n) is 4.12. The van der Waals surface area contributed by atoms with Crippen LogP contribution in [0.15, 0.2) is 30.3 Å². The molecule has 1 aromatic carbocycles. The fourth-order valence-corrected chi connectivity index (χ4v) is 3.12. The molecule has 1 aromatic rings. The minimum Gasteiger partial charge on any atom is -0.480 e. The van der Waals surface area contributed by atoms with Crippen LogP contribution in [0, 0.1) is 0 Å². The van der Waals surface area contributed by atoms with Crippen molar-refractivity contribution in [3.05, 3.63) is 35.9 Å². The molecule has 0 radical (unpaired) electrons. The summed E-state index contributed by atoms with van der Waals surface area (Å²) in [5, 5.41) is 11.2. The molecule has 24 heavy (non-hydrogen) atoms. The summed E-state index contributed by atoms with van der Waals surface area (Å²) in [5.41, 5.74) is 0.983. The molecule has 0 saturated carbocycles. The summed E-state index contributed by atoms with van der Waals surface area (Å²) < 4.78 is 0. The molecule has 0 aliphatic carbocycles. The molecule has 0 spiro atoms. The quantitative estimate of drug-likeness (QED) is 0.671. The smallest absolute Gasteiger partial charge is 0.326 e. The number of thiol groups is 1. The number of hydrogen-bond donors (Lipinski definition) is 3. The molecule has 0 aromatic heterocycles. The number of carbonyl (C=O) groups is 3. The maximum Gasteiger partial charge on any atom is 0.326 e. The lowest BCUT2D eigenvalue weighted by Crippen LogP contribution is -2.51. The highest BCUT2D eigenvalue weighted by Crippen LogP contribution is 2.18. The van der Waals surface area contributed by atoms with Crippen LogP contribution in [-0.4, -0.2) is 51.7 Å². The number of aliphatic carboxylic acids is 1. The van der Waals surface area contributed by atoms with Gasteiger partial charge in [0, 0.05) is 6.54 Å². The SMILES string of the molecule is C[C@H](NC(=O)C(S)Cc1ccccc1)C(=O)N1CCCC1C(=O)O. The van der Waals surface area contributed by atoms with E-state index < -0.39 is 23.3 Å². The van der Waals surface area contributed by atoms with Crippen LogP contribution in [0.2, 0.25) is 0 Å². The van der Waals surface area contributed by atoms with E-state index >= 15 is 0 Å². The van der Waals surface area contributed by atoms with Gasteiger partial charge in [-0.05, 0) is 31.7 Å². The van der Waals surface area contributed by atoms with Crippen molar-refractivity contribution in [3.8, 4) is 0 Å². The van der Waals surface area contributed by atoms with Gasteiger partial charge in [-0.1, -0.05) is 30.3 Å². The molecule has 2 rings (SSSR count). The molecule has 7 heteroatoms. The maximum atomic E-state index is 12.4. The average molecular weight is 350 g/mol. The van der Waals surface area contributed by atoms with Crippen LogP contribution in [0.1, 0.15) is 25.3 Å². The van der Waals surface area contributed by atoms with Crippen LogP contribution in [0.25, 0.3) is 0 Å². The first-order chi connectivity index (χ1) is 11.4. The number of amides is 2. The highest BCUT2D eigenvalue weighted by Gasteiger charge is 2.36. The normalized spacial score (nSPS) is 19.6. The molecule has 1 aliphatic rings. The van der Waals surface area contributed by atoms with E-state index in [1.54, 1.807) is 6.92 Å². The molecule has 130 valence electrons. The maximum absolute atomic E-state index is 12.4. The second-order valence-electron chi connectivity index (χ2n) is 5.96. The van der Waals surface area contributed by atoms with Gasteiger partial charge in [0.1, 0.15) is 12.1 Å². The lowest BCUT2D eigenvalue weighted by Gasteiger charge is -2.26. The predicted octanol–water partition coefficient (Wildman–Crippen LogP) is 1.11. The lowest BCUT2D eigenvalue weighted by molar-refractivity contribution is -0.149. The first-order valence-corrected chi connectivity index (χ1v) is 8.47. The minimum absolute atomic E-state index is 0.339. The summed E-state index contributed by atoms with van der Waals surface area (Å²) >= 11 is 4.31. The van der Waals surface area contributed by atoms with Crippen LogP contribution in [-0.2, 0) is 20.8 Å². The van der Waals surface area contributed by atoms with Gasteiger partial charge in [-0.25, -0.2) is 4.79 Å².